The molecule has 2 rings (SSSR count). The second-order valence-corrected chi connectivity index (χ2v) is 3.98. The van der Waals surface area contributed by atoms with Gasteiger partial charge >= 0.3 is 0 Å². The number of nitrogens with two attached hydrogens (primary N) is 1. The molecule has 0 aliphatic rings. The summed E-state index contributed by atoms with van der Waals surface area (Å²) < 4.78 is 23.0. The van der Waals surface area contributed by atoms with E-state index in [2.05, 4.69) is 10.1 Å². The zero-order valence-corrected chi connectivity index (χ0v) is 10.2. The molecule has 1 heterocycles. The number of hydrogen-bond donors (Lipinski definition) is 1. The van der Waals surface area contributed by atoms with Gasteiger partial charge in [-0.05, 0) is 30.7 Å². The van der Waals surface area contributed by atoms with Crippen molar-refractivity contribution in [1.29, 1.82) is 0 Å². The molecule has 18 heavy (non-hydrogen) atoms. The SMILES string of the molecule is COCC(N)c1noc(-c2ccc(F)cc2C)n1. The first-order chi connectivity index (χ1) is 8.61. The third-order valence-corrected chi connectivity index (χ3v) is 2.54. The van der Waals surface area contributed by atoms with Crippen LogP contribution in [-0.4, -0.2) is 23.9 Å². The van der Waals surface area contributed by atoms with Gasteiger partial charge in [-0.15, -0.1) is 0 Å². The zero-order valence-electron chi connectivity index (χ0n) is 10.2. The molecule has 1 unspecified atom stereocenters. The maximum atomic E-state index is 13.0. The molecule has 0 amide bonds. The summed E-state index contributed by atoms with van der Waals surface area (Å²) >= 11 is 0. The fraction of sp³-hybridized carbons (Fsp3) is 0.333. The van der Waals surface area contributed by atoms with Gasteiger partial charge in [-0.25, -0.2) is 4.39 Å². The van der Waals surface area contributed by atoms with Crippen LogP contribution < -0.4 is 5.73 Å². The van der Waals surface area contributed by atoms with Crippen LogP contribution in [0.2, 0.25) is 0 Å². The molecule has 0 aliphatic carbocycles. The van der Waals surface area contributed by atoms with Crippen molar-refractivity contribution in [2.24, 2.45) is 5.73 Å². The number of ether oxygens (including phenoxy) is 1. The smallest absolute Gasteiger partial charge is 0.258 e. The first kappa shape index (κ1) is 12.7. The predicted molar refractivity (Wildman–Crippen MR) is 63.2 cm³/mol. The van der Waals surface area contributed by atoms with E-state index >= 15 is 0 Å². The number of benzene rings is 1. The van der Waals surface area contributed by atoms with Crippen molar-refractivity contribution < 1.29 is 13.7 Å². The topological polar surface area (TPSA) is 74.2 Å². The van der Waals surface area contributed by atoms with Gasteiger partial charge in [-0.2, -0.15) is 4.98 Å². The van der Waals surface area contributed by atoms with Crippen LogP contribution in [0.4, 0.5) is 4.39 Å². The molecule has 2 N–H and O–H groups in total. The summed E-state index contributed by atoms with van der Waals surface area (Å²) in [6.07, 6.45) is 0. The predicted octanol–water partition coefficient (Wildman–Crippen LogP) is 1.83. The molecule has 1 atom stereocenters. The summed E-state index contributed by atoms with van der Waals surface area (Å²) in [5.74, 6) is 0.400. The van der Waals surface area contributed by atoms with Crippen LogP contribution in [0.25, 0.3) is 11.5 Å². The number of rotatable bonds is 4. The van der Waals surface area contributed by atoms with Crippen LogP contribution in [0.3, 0.4) is 0 Å². The summed E-state index contributed by atoms with van der Waals surface area (Å²) in [6.45, 7) is 2.08. The van der Waals surface area contributed by atoms with Gasteiger partial charge in [0, 0.05) is 12.7 Å². The maximum absolute atomic E-state index is 13.0. The average molecular weight is 251 g/mol. The van der Waals surface area contributed by atoms with Crippen LogP contribution in [0.1, 0.15) is 17.4 Å². The summed E-state index contributed by atoms with van der Waals surface area (Å²) in [5.41, 5.74) is 7.21. The molecule has 0 bridgehead atoms. The first-order valence-corrected chi connectivity index (χ1v) is 5.46. The molecule has 96 valence electrons. The standard InChI is InChI=1S/C12H14FN3O2/c1-7-5-8(13)3-4-9(7)12-15-11(16-18-12)10(14)6-17-2/h3-5,10H,6,14H2,1-2H3. The Morgan fingerprint density at radius 3 is 2.94 bits per heavy atom. The van der Waals surface area contributed by atoms with E-state index in [1.54, 1.807) is 20.1 Å². The molecule has 1 aromatic carbocycles. The molecule has 0 saturated carbocycles. The second kappa shape index (κ2) is 5.24. The highest BCUT2D eigenvalue weighted by atomic mass is 19.1. The van der Waals surface area contributed by atoms with E-state index in [1.807, 2.05) is 0 Å². The number of methoxy groups -OCH3 is 1. The molecule has 0 fully saturated rings. The third kappa shape index (κ3) is 2.55. The second-order valence-electron chi connectivity index (χ2n) is 3.98. The summed E-state index contributed by atoms with van der Waals surface area (Å²) in [5, 5.41) is 3.79. The van der Waals surface area contributed by atoms with Crippen LogP contribution in [0.15, 0.2) is 22.7 Å². The minimum absolute atomic E-state index is 0.299. The highest BCUT2D eigenvalue weighted by molar-refractivity contribution is 5.57. The van der Waals surface area contributed by atoms with Gasteiger partial charge in [0.15, 0.2) is 5.82 Å². The number of halogens is 1. The Bertz CT molecular complexity index is 542. The van der Waals surface area contributed by atoms with E-state index in [1.165, 1.54) is 12.1 Å². The summed E-state index contributed by atoms with van der Waals surface area (Å²) in [6, 6.07) is 3.92. The van der Waals surface area contributed by atoms with Gasteiger partial charge in [-0.3, -0.25) is 0 Å². The third-order valence-electron chi connectivity index (χ3n) is 2.54. The van der Waals surface area contributed by atoms with E-state index in [0.29, 0.717) is 23.9 Å². The molecule has 2 aromatic rings. The Morgan fingerprint density at radius 1 is 1.50 bits per heavy atom. The van der Waals surface area contributed by atoms with Gasteiger partial charge in [-0.1, -0.05) is 5.16 Å². The fourth-order valence-corrected chi connectivity index (χ4v) is 1.62. The lowest BCUT2D eigenvalue weighted by Crippen LogP contribution is -2.17. The lowest BCUT2D eigenvalue weighted by molar-refractivity contribution is 0.177. The zero-order chi connectivity index (χ0) is 13.1. The Morgan fingerprint density at radius 2 is 2.28 bits per heavy atom. The average Bonchev–Trinajstić information content (AvgIpc) is 2.78. The van der Waals surface area contributed by atoms with E-state index in [4.69, 9.17) is 15.0 Å². The quantitative estimate of drug-likeness (QED) is 0.897. The minimum atomic E-state index is -0.437. The normalized spacial score (nSPS) is 12.7. The molecule has 0 aliphatic heterocycles. The van der Waals surface area contributed by atoms with Gasteiger partial charge in [0.1, 0.15) is 5.82 Å². The van der Waals surface area contributed by atoms with Crippen molar-refractivity contribution in [1.82, 2.24) is 10.1 Å². The van der Waals surface area contributed by atoms with Crippen LogP contribution in [0, 0.1) is 12.7 Å². The fourth-order valence-electron chi connectivity index (χ4n) is 1.62. The first-order valence-electron chi connectivity index (χ1n) is 5.46. The van der Waals surface area contributed by atoms with Crippen molar-refractivity contribution in [2.45, 2.75) is 13.0 Å². The van der Waals surface area contributed by atoms with Crippen LogP contribution in [-0.2, 0) is 4.74 Å². The lowest BCUT2D eigenvalue weighted by atomic mass is 10.1. The number of nitrogens with zero attached hydrogens (tertiary/aromatic N) is 2. The van der Waals surface area contributed by atoms with E-state index in [0.717, 1.165) is 5.56 Å². The van der Waals surface area contributed by atoms with Crippen LogP contribution >= 0.6 is 0 Å². The molecule has 0 radical (unpaired) electrons. The minimum Gasteiger partial charge on any atom is -0.383 e. The van der Waals surface area contributed by atoms with Crippen molar-refractivity contribution >= 4 is 0 Å². The summed E-state index contributed by atoms with van der Waals surface area (Å²) in [7, 11) is 1.55. The number of aryl methyl sites for hydroxylation is 1. The van der Waals surface area contributed by atoms with Gasteiger partial charge < -0.3 is 15.0 Å². The number of hydrogen-bond acceptors (Lipinski definition) is 5. The molecule has 6 heteroatoms. The van der Waals surface area contributed by atoms with E-state index in [-0.39, 0.29) is 5.82 Å². The Labute approximate surface area is 104 Å². The van der Waals surface area contributed by atoms with Crippen molar-refractivity contribution in [3.05, 3.63) is 35.4 Å². The Balaban J connectivity index is 2.29. The van der Waals surface area contributed by atoms with E-state index < -0.39 is 6.04 Å². The molecule has 0 spiro atoms. The molecular weight excluding hydrogens is 237 g/mol. The maximum Gasteiger partial charge on any atom is 0.258 e. The molecular formula is C12H14FN3O2. The highest BCUT2D eigenvalue weighted by Gasteiger charge is 2.16. The lowest BCUT2D eigenvalue weighted by Gasteiger charge is -2.03. The van der Waals surface area contributed by atoms with Crippen molar-refractivity contribution in [3.63, 3.8) is 0 Å². The van der Waals surface area contributed by atoms with Gasteiger partial charge in [0.25, 0.3) is 5.89 Å². The highest BCUT2D eigenvalue weighted by Crippen LogP contribution is 2.23. The summed E-state index contributed by atoms with van der Waals surface area (Å²) in [4.78, 5) is 4.18. The molecule has 1 aromatic heterocycles. The number of aromatic nitrogens is 2. The van der Waals surface area contributed by atoms with E-state index in [9.17, 15) is 4.39 Å². The molecule has 0 saturated heterocycles. The van der Waals surface area contributed by atoms with Gasteiger partial charge in [0.05, 0.1) is 12.6 Å². The van der Waals surface area contributed by atoms with Crippen molar-refractivity contribution in [2.75, 3.05) is 13.7 Å². The Hall–Kier alpha value is -1.79. The molecule has 5 nitrogen and oxygen atoms in total. The van der Waals surface area contributed by atoms with Crippen LogP contribution in [0.5, 0.6) is 0 Å². The monoisotopic (exact) mass is 251 g/mol. The largest absolute Gasteiger partial charge is 0.383 e. The Kier molecular flexibility index (Phi) is 3.69. The van der Waals surface area contributed by atoms with Crippen molar-refractivity contribution in [3.8, 4) is 11.5 Å². The van der Waals surface area contributed by atoms with Gasteiger partial charge in [0.2, 0.25) is 0 Å².